The predicted octanol–water partition coefficient (Wildman–Crippen LogP) is 5.23. The first kappa shape index (κ1) is 26.4. The van der Waals surface area contributed by atoms with Crippen molar-refractivity contribution in [2.24, 2.45) is 4.99 Å². The Labute approximate surface area is 205 Å². The van der Waals surface area contributed by atoms with Gasteiger partial charge in [0.2, 0.25) is 0 Å². The monoisotopic (exact) mass is 505 g/mol. The van der Waals surface area contributed by atoms with Crippen LogP contribution in [0.3, 0.4) is 0 Å². The van der Waals surface area contributed by atoms with Gasteiger partial charge < -0.3 is 4.90 Å². The Hall–Kier alpha value is -2.85. The van der Waals surface area contributed by atoms with Crippen LogP contribution in [0.1, 0.15) is 15.2 Å². The summed E-state index contributed by atoms with van der Waals surface area (Å²) >= 11 is 6.76. The van der Waals surface area contributed by atoms with Gasteiger partial charge in [-0.25, -0.2) is 10.1 Å². The van der Waals surface area contributed by atoms with Crippen LogP contribution in [0.4, 0.5) is 5.69 Å². The predicted molar refractivity (Wildman–Crippen MR) is 135 cm³/mol. The van der Waals surface area contributed by atoms with E-state index in [1.807, 2.05) is 74.4 Å². The first-order valence-electron chi connectivity index (χ1n) is 9.67. The fraction of sp³-hybridized carbons (Fsp3) is 0.217. The van der Waals surface area contributed by atoms with Gasteiger partial charge >= 0.3 is 11.6 Å². The molecule has 1 amide bonds. The van der Waals surface area contributed by atoms with Gasteiger partial charge in [-0.2, -0.15) is 8.42 Å². The smallest absolute Gasteiger partial charge is 0.335 e. The lowest BCUT2D eigenvalue weighted by molar-refractivity contribution is -0.0753. The molecular formula is C23H24ClN3O4S2. The van der Waals surface area contributed by atoms with Crippen LogP contribution < -0.4 is 0 Å². The van der Waals surface area contributed by atoms with E-state index in [2.05, 4.69) is 4.99 Å². The third-order valence-electron chi connectivity index (χ3n) is 4.60. The summed E-state index contributed by atoms with van der Waals surface area (Å²) in [5.41, 5.74) is 4.77. The molecule has 0 N–H and O–H groups in total. The molecule has 1 aromatic heterocycles. The number of carbonyl (C=O) groups is 1. The zero-order valence-electron chi connectivity index (χ0n) is 18.9. The average molecular weight is 506 g/mol. The van der Waals surface area contributed by atoms with Crippen molar-refractivity contribution in [3.05, 3.63) is 64.0 Å². The van der Waals surface area contributed by atoms with Crippen LogP contribution in [0.15, 0.2) is 53.5 Å². The summed E-state index contributed by atoms with van der Waals surface area (Å²) in [5, 5.41) is 1.92. The van der Waals surface area contributed by atoms with Crippen LogP contribution in [-0.2, 0) is 16.4 Å². The molecule has 174 valence electrons. The zero-order valence-corrected chi connectivity index (χ0v) is 21.3. The maximum absolute atomic E-state index is 13.0. The normalized spacial score (nSPS) is 10.5. The number of hydrogen-bond donors (Lipinski definition) is 0. The van der Waals surface area contributed by atoms with Crippen molar-refractivity contribution in [1.82, 2.24) is 9.96 Å². The van der Waals surface area contributed by atoms with E-state index < -0.39 is 11.6 Å². The topological polar surface area (TPSA) is 79.3 Å². The van der Waals surface area contributed by atoms with Gasteiger partial charge in [0.1, 0.15) is 4.88 Å². The van der Waals surface area contributed by atoms with Crippen molar-refractivity contribution in [2.45, 2.75) is 6.92 Å². The van der Waals surface area contributed by atoms with E-state index in [4.69, 9.17) is 24.9 Å². The summed E-state index contributed by atoms with van der Waals surface area (Å²) in [5.74, 6) is -0.185. The first-order valence-corrected chi connectivity index (χ1v) is 11.5. The third kappa shape index (κ3) is 6.82. The Balaban J connectivity index is 0.00000122. The molecule has 3 rings (SSSR count). The number of rotatable bonds is 6. The second-order valence-electron chi connectivity index (χ2n) is 7.08. The number of amides is 1. The van der Waals surface area contributed by atoms with Gasteiger partial charge in [-0.15, -0.1) is 11.3 Å². The van der Waals surface area contributed by atoms with Crippen molar-refractivity contribution >= 4 is 52.4 Å². The minimum Gasteiger partial charge on any atom is -0.369 e. The van der Waals surface area contributed by atoms with Crippen molar-refractivity contribution in [2.75, 3.05) is 28.3 Å². The highest BCUT2D eigenvalue weighted by Crippen LogP contribution is 2.43. The second kappa shape index (κ2) is 12.4. The summed E-state index contributed by atoms with van der Waals surface area (Å²) in [7, 11) is 6.95. The average Bonchev–Trinajstić information content (AvgIpc) is 3.15. The third-order valence-corrected chi connectivity index (χ3v) is 6.18. The molecular weight excluding hydrogens is 482 g/mol. The molecule has 0 saturated carbocycles. The molecule has 0 radical (unpaired) electrons. The van der Waals surface area contributed by atoms with E-state index >= 15 is 0 Å². The standard InChI is InChI=1S/C23H24ClN3O2S.O2S/c1-15-20(16-8-12-19(13-9-16)25-14-26(2)3)22(23(28)27(4)29-5)30-21(15)17-6-10-18(24)11-7-17;1-3-2/h6-14H,1-5H3;. The molecule has 2 aromatic carbocycles. The number of halogens is 1. The molecule has 0 spiro atoms. The maximum Gasteiger partial charge on any atom is 0.335 e. The van der Waals surface area contributed by atoms with E-state index in [0.29, 0.717) is 9.90 Å². The summed E-state index contributed by atoms with van der Waals surface area (Å²) in [6, 6.07) is 15.5. The largest absolute Gasteiger partial charge is 0.369 e. The first-order chi connectivity index (χ1) is 15.7. The summed E-state index contributed by atoms with van der Waals surface area (Å²) < 4.78 is 16.6. The quantitative estimate of drug-likeness (QED) is 0.260. The number of nitrogens with zero attached hydrogens (tertiary/aromatic N) is 3. The molecule has 0 aliphatic carbocycles. The van der Waals surface area contributed by atoms with E-state index in [9.17, 15) is 4.79 Å². The Bertz CT molecular complexity index is 1150. The second-order valence-corrected chi connectivity index (χ2v) is 8.67. The molecule has 0 fully saturated rings. The van der Waals surface area contributed by atoms with Gasteiger partial charge in [0.05, 0.1) is 19.1 Å². The van der Waals surface area contributed by atoms with Gasteiger partial charge in [-0.05, 0) is 47.9 Å². The van der Waals surface area contributed by atoms with E-state index in [1.54, 1.807) is 13.4 Å². The van der Waals surface area contributed by atoms with Crippen molar-refractivity contribution in [3.63, 3.8) is 0 Å². The van der Waals surface area contributed by atoms with Crippen LogP contribution in [-0.4, -0.2) is 58.9 Å². The number of benzene rings is 2. The summed E-state index contributed by atoms with van der Waals surface area (Å²) in [4.78, 5) is 26.1. The van der Waals surface area contributed by atoms with Crippen LogP contribution in [0, 0.1) is 6.92 Å². The van der Waals surface area contributed by atoms with E-state index in [-0.39, 0.29) is 5.91 Å². The van der Waals surface area contributed by atoms with Crippen molar-refractivity contribution in [3.8, 4) is 21.6 Å². The molecule has 1 heterocycles. The molecule has 0 aliphatic heterocycles. The fourth-order valence-corrected chi connectivity index (χ4v) is 4.44. The van der Waals surface area contributed by atoms with Crippen LogP contribution >= 0.6 is 22.9 Å². The molecule has 0 atom stereocenters. The Kier molecular flexibility index (Phi) is 9.93. The minimum atomic E-state index is -0.750. The van der Waals surface area contributed by atoms with Gasteiger partial charge in [-0.1, -0.05) is 35.9 Å². The molecule has 0 aliphatic rings. The number of thiophene rings is 1. The number of hydroxylamine groups is 2. The van der Waals surface area contributed by atoms with Crippen LogP contribution in [0.5, 0.6) is 0 Å². The van der Waals surface area contributed by atoms with Gasteiger partial charge in [0, 0.05) is 36.6 Å². The summed E-state index contributed by atoms with van der Waals surface area (Å²) in [6.07, 6.45) is 1.76. The van der Waals surface area contributed by atoms with Gasteiger partial charge in [0.15, 0.2) is 0 Å². The Morgan fingerprint density at radius 2 is 1.58 bits per heavy atom. The molecule has 0 saturated heterocycles. The van der Waals surface area contributed by atoms with E-state index in [1.165, 1.54) is 23.5 Å². The number of aliphatic imine (C=N–C) groups is 1. The van der Waals surface area contributed by atoms with Crippen molar-refractivity contribution < 1.29 is 18.0 Å². The molecule has 0 bridgehead atoms. The number of hydrogen-bond acceptors (Lipinski definition) is 6. The summed E-state index contributed by atoms with van der Waals surface area (Å²) in [6.45, 7) is 2.04. The molecule has 10 heteroatoms. The van der Waals surface area contributed by atoms with Crippen LogP contribution in [0.25, 0.3) is 21.6 Å². The number of carbonyl (C=O) groups excluding carboxylic acids is 1. The maximum atomic E-state index is 13.0. The SMILES string of the molecule is CON(C)C(=O)c1sc(-c2ccc(Cl)cc2)c(C)c1-c1ccc(N=CN(C)C)cc1.O=S=O. The lowest BCUT2D eigenvalue weighted by Gasteiger charge is -2.14. The zero-order chi connectivity index (χ0) is 24.5. The molecule has 33 heavy (non-hydrogen) atoms. The highest BCUT2D eigenvalue weighted by molar-refractivity contribution is 7.51. The highest BCUT2D eigenvalue weighted by atomic mass is 35.5. The molecule has 0 unspecified atom stereocenters. The highest BCUT2D eigenvalue weighted by Gasteiger charge is 2.25. The van der Waals surface area contributed by atoms with E-state index in [0.717, 1.165) is 32.8 Å². The minimum absolute atomic E-state index is 0.185. The van der Waals surface area contributed by atoms with Gasteiger partial charge in [0.25, 0.3) is 5.91 Å². The fourth-order valence-electron chi connectivity index (χ4n) is 3.01. The van der Waals surface area contributed by atoms with Crippen molar-refractivity contribution in [1.29, 1.82) is 0 Å². The lowest BCUT2D eigenvalue weighted by Crippen LogP contribution is -2.25. The van der Waals surface area contributed by atoms with Gasteiger partial charge in [-0.3, -0.25) is 9.63 Å². The Morgan fingerprint density at radius 3 is 2.09 bits per heavy atom. The van der Waals surface area contributed by atoms with Crippen LogP contribution in [0.2, 0.25) is 5.02 Å². The Morgan fingerprint density at radius 1 is 1.03 bits per heavy atom. The molecule has 3 aromatic rings. The molecule has 7 nitrogen and oxygen atoms in total. The lowest BCUT2D eigenvalue weighted by atomic mass is 9.98.